The molecule has 1 rings (SSSR count). The maximum atomic E-state index is 11.4. The van der Waals surface area contributed by atoms with Crippen LogP contribution in [0.3, 0.4) is 0 Å². The van der Waals surface area contributed by atoms with Crippen LogP contribution < -0.4 is 5.32 Å². The van der Waals surface area contributed by atoms with E-state index >= 15 is 0 Å². The zero-order chi connectivity index (χ0) is 11.3. The van der Waals surface area contributed by atoms with Gasteiger partial charge in [0.2, 0.25) is 0 Å². The molecule has 0 spiro atoms. The molecular weight excluding hydrogens is 210 g/mol. The van der Waals surface area contributed by atoms with Gasteiger partial charge in [-0.05, 0) is 31.6 Å². The van der Waals surface area contributed by atoms with Crippen LogP contribution in [0.4, 0.5) is 0 Å². The Hall–Kier alpha value is -0.0900. The highest BCUT2D eigenvalue weighted by Crippen LogP contribution is 2.24. The van der Waals surface area contributed by atoms with Crippen molar-refractivity contribution in [3.05, 3.63) is 0 Å². The SMILES string of the molecule is CCCS(=O)(=O)CCNC1CCC(C)C1. The quantitative estimate of drug-likeness (QED) is 0.758. The maximum absolute atomic E-state index is 11.4. The second-order valence-corrected chi connectivity index (χ2v) is 7.02. The second kappa shape index (κ2) is 5.85. The third kappa shape index (κ3) is 4.98. The minimum Gasteiger partial charge on any atom is -0.313 e. The number of nitrogens with one attached hydrogen (secondary N) is 1. The number of hydrogen-bond donors (Lipinski definition) is 1. The van der Waals surface area contributed by atoms with Gasteiger partial charge in [0.25, 0.3) is 0 Å². The summed E-state index contributed by atoms with van der Waals surface area (Å²) in [6, 6.07) is 0.553. The van der Waals surface area contributed by atoms with Crippen LogP contribution in [0.15, 0.2) is 0 Å². The van der Waals surface area contributed by atoms with Gasteiger partial charge in [0.05, 0.1) is 5.75 Å². The van der Waals surface area contributed by atoms with Crippen LogP contribution in [0.1, 0.15) is 39.5 Å². The molecule has 0 aromatic carbocycles. The van der Waals surface area contributed by atoms with Gasteiger partial charge in [-0.15, -0.1) is 0 Å². The van der Waals surface area contributed by atoms with E-state index in [0.29, 0.717) is 24.1 Å². The molecule has 0 aromatic rings. The van der Waals surface area contributed by atoms with Crippen molar-refractivity contribution in [2.24, 2.45) is 5.92 Å². The summed E-state index contributed by atoms with van der Waals surface area (Å²) in [6.07, 6.45) is 4.41. The van der Waals surface area contributed by atoms with Gasteiger partial charge >= 0.3 is 0 Å². The first kappa shape index (κ1) is 13.0. The highest BCUT2D eigenvalue weighted by Gasteiger charge is 2.20. The maximum Gasteiger partial charge on any atom is 0.151 e. The third-order valence-electron chi connectivity index (χ3n) is 3.06. The van der Waals surface area contributed by atoms with E-state index in [4.69, 9.17) is 0 Å². The Bertz CT molecular complexity index is 274. The minimum atomic E-state index is -2.80. The number of hydrogen-bond acceptors (Lipinski definition) is 3. The Morgan fingerprint density at radius 3 is 2.53 bits per heavy atom. The average Bonchev–Trinajstić information content (AvgIpc) is 2.51. The molecule has 1 fully saturated rings. The van der Waals surface area contributed by atoms with Gasteiger partial charge < -0.3 is 5.32 Å². The zero-order valence-electron chi connectivity index (χ0n) is 9.83. The lowest BCUT2D eigenvalue weighted by Crippen LogP contribution is -2.31. The van der Waals surface area contributed by atoms with Gasteiger partial charge in [0, 0.05) is 18.3 Å². The second-order valence-electron chi connectivity index (χ2n) is 4.72. The summed E-state index contributed by atoms with van der Waals surface area (Å²) in [5.41, 5.74) is 0. The van der Waals surface area contributed by atoms with Gasteiger partial charge in [0.15, 0.2) is 9.84 Å². The van der Waals surface area contributed by atoms with E-state index in [1.54, 1.807) is 0 Å². The van der Waals surface area contributed by atoms with Crippen molar-refractivity contribution in [1.29, 1.82) is 0 Å². The van der Waals surface area contributed by atoms with Gasteiger partial charge in [-0.3, -0.25) is 0 Å². The monoisotopic (exact) mass is 233 g/mol. The van der Waals surface area contributed by atoms with Crippen LogP contribution in [-0.4, -0.2) is 32.5 Å². The van der Waals surface area contributed by atoms with E-state index < -0.39 is 9.84 Å². The topological polar surface area (TPSA) is 46.2 Å². The van der Waals surface area contributed by atoms with E-state index in [2.05, 4.69) is 12.2 Å². The third-order valence-corrected chi connectivity index (χ3v) is 4.91. The first-order valence-corrected chi connectivity index (χ1v) is 7.79. The molecule has 2 atom stereocenters. The standard InChI is InChI=1S/C11H23NO2S/c1-3-7-15(13,14)8-6-12-11-5-4-10(2)9-11/h10-12H,3-9H2,1-2H3. The molecule has 0 heterocycles. The van der Waals surface area contributed by atoms with E-state index in [1.807, 2.05) is 6.92 Å². The van der Waals surface area contributed by atoms with Crippen molar-refractivity contribution in [3.8, 4) is 0 Å². The smallest absolute Gasteiger partial charge is 0.151 e. The Kier molecular flexibility index (Phi) is 5.06. The van der Waals surface area contributed by atoms with E-state index in [1.165, 1.54) is 19.3 Å². The van der Waals surface area contributed by atoms with Crippen LogP contribution in [0, 0.1) is 5.92 Å². The Balaban J connectivity index is 2.16. The Labute approximate surface area is 93.6 Å². The highest BCUT2D eigenvalue weighted by molar-refractivity contribution is 7.91. The lowest BCUT2D eigenvalue weighted by molar-refractivity contribution is 0.513. The molecule has 1 N–H and O–H groups in total. The van der Waals surface area contributed by atoms with Crippen LogP contribution in [-0.2, 0) is 9.84 Å². The minimum absolute atomic E-state index is 0.297. The summed E-state index contributed by atoms with van der Waals surface area (Å²) in [4.78, 5) is 0. The first-order valence-electron chi connectivity index (χ1n) is 5.97. The van der Waals surface area contributed by atoms with E-state index in [-0.39, 0.29) is 0 Å². The molecule has 0 amide bonds. The van der Waals surface area contributed by atoms with Crippen molar-refractivity contribution >= 4 is 9.84 Å². The van der Waals surface area contributed by atoms with E-state index in [0.717, 1.165) is 12.3 Å². The summed E-state index contributed by atoms with van der Waals surface area (Å²) in [5, 5.41) is 3.35. The molecular formula is C11H23NO2S. The van der Waals surface area contributed by atoms with Crippen molar-refractivity contribution in [2.75, 3.05) is 18.1 Å². The van der Waals surface area contributed by atoms with Crippen molar-refractivity contribution in [2.45, 2.75) is 45.6 Å². The first-order chi connectivity index (χ1) is 7.03. The van der Waals surface area contributed by atoms with Crippen molar-refractivity contribution < 1.29 is 8.42 Å². The molecule has 0 saturated heterocycles. The molecule has 0 aromatic heterocycles. The molecule has 3 nitrogen and oxygen atoms in total. The predicted octanol–water partition coefficient (Wildman–Crippen LogP) is 1.59. The molecule has 0 aliphatic heterocycles. The molecule has 2 unspecified atom stereocenters. The number of sulfone groups is 1. The Morgan fingerprint density at radius 2 is 2.00 bits per heavy atom. The van der Waals surface area contributed by atoms with Crippen molar-refractivity contribution in [1.82, 2.24) is 5.32 Å². The fourth-order valence-corrected chi connectivity index (χ4v) is 3.48. The van der Waals surface area contributed by atoms with Gasteiger partial charge in [-0.25, -0.2) is 8.42 Å². The predicted molar refractivity (Wildman–Crippen MR) is 63.8 cm³/mol. The van der Waals surface area contributed by atoms with Crippen LogP contribution >= 0.6 is 0 Å². The average molecular weight is 233 g/mol. The summed E-state index contributed by atoms with van der Waals surface area (Å²) in [5.74, 6) is 1.43. The molecule has 1 aliphatic carbocycles. The van der Waals surface area contributed by atoms with Gasteiger partial charge in [0.1, 0.15) is 0 Å². The van der Waals surface area contributed by atoms with Crippen molar-refractivity contribution in [3.63, 3.8) is 0 Å². The fraction of sp³-hybridized carbons (Fsp3) is 1.00. The molecule has 15 heavy (non-hydrogen) atoms. The molecule has 1 saturated carbocycles. The summed E-state index contributed by atoms with van der Waals surface area (Å²) in [6.45, 7) is 4.79. The molecule has 0 bridgehead atoms. The summed E-state index contributed by atoms with van der Waals surface area (Å²) >= 11 is 0. The van der Waals surface area contributed by atoms with Gasteiger partial charge in [-0.2, -0.15) is 0 Å². The highest BCUT2D eigenvalue weighted by atomic mass is 32.2. The lowest BCUT2D eigenvalue weighted by Gasteiger charge is -2.12. The van der Waals surface area contributed by atoms with Gasteiger partial charge in [-0.1, -0.05) is 13.8 Å². The molecule has 0 radical (unpaired) electrons. The normalized spacial score (nSPS) is 27.1. The molecule has 4 heteroatoms. The molecule has 90 valence electrons. The van der Waals surface area contributed by atoms with Crippen LogP contribution in [0.25, 0.3) is 0 Å². The Morgan fingerprint density at radius 1 is 1.27 bits per heavy atom. The van der Waals surface area contributed by atoms with E-state index in [9.17, 15) is 8.42 Å². The number of rotatable bonds is 6. The van der Waals surface area contributed by atoms with Crippen LogP contribution in [0.2, 0.25) is 0 Å². The molecule has 1 aliphatic rings. The summed E-state index contributed by atoms with van der Waals surface area (Å²) in [7, 11) is -2.80. The lowest BCUT2D eigenvalue weighted by atomic mass is 10.1. The summed E-state index contributed by atoms with van der Waals surface area (Å²) < 4.78 is 22.9. The largest absolute Gasteiger partial charge is 0.313 e. The fourth-order valence-electron chi connectivity index (χ4n) is 2.22. The zero-order valence-corrected chi connectivity index (χ0v) is 10.6. The van der Waals surface area contributed by atoms with Crippen LogP contribution in [0.5, 0.6) is 0 Å².